The van der Waals surface area contributed by atoms with Gasteiger partial charge in [-0.3, -0.25) is 20.4 Å². The first-order valence-electron chi connectivity index (χ1n) is 10.1. The van der Waals surface area contributed by atoms with Crippen molar-refractivity contribution in [2.75, 3.05) is 0 Å². The molecule has 2 amide bonds. The van der Waals surface area contributed by atoms with Gasteiger partial charge in [0.05, 0.1) is 27.6 Å². The normalized spacial score (nSPS) is 13.7. The number of hydrogen-bond donors (Lipinski definition) is 2. The Balaban J connectivity index is 2.38. The van der Waals surface area contributed by atoms with E-state index < -0.39 is 77.2 Å². The van der Waals surface area contributed by atoms with Crippen molar-refractivity contribution in [1.29, 1.82) is 0 Å². The molecule has 0 aliphatic carbocycles. The highest BCUT2D eigenvalue weighted by Crippen LogP contribution is 2.41. The van der Waals surface area contributed by atoms with Crippen LogP contribution in [-0.2, 0) is 11.0 Å². The summed E-state index contributed by atoms with van der Waals surface area (Å²) >= 11 is 11.4. The van der Waals surface area contributed by atoms with Crippen LogP contribution in [0.4, 0.5) is 43.9 Å². The zero-order chi connectivity index (χ0) is 29.1. The van der Waals surface area contributed by atoms with Gasteiger partial charge in [0, 0.05) is 12.0 Å². The van der Waals surface area contributed by atoms with E-state index in [4.69, 9.17) is 23.2 Å². The van der Waals surface area contributed by atoms with Gasteiger partial charge >= 0.3 is 18.5 Å². The first-order chi connectivity index (χ1) is 17.3. The first kappa shape index (κ1) is 31.2. The number of carbonyl (C=O) groups excluding carboxylic acids is 2. The van der Waals surface area contributed by atoms with E-state index in [1.165, 1.54) is 10.9 Å². The maximum Gasteiger partial charge on any atom is 0.417 e. The van der Waals surface area contributed by atoms with E-state index in [-0.39, 0.29) is 22.2 Å². The molecule has 2 rings (SSSR count). The third kappa shape index (κ3) is 8.79. The van der Waals surface area contributed by atoms with Crippen molar-refractivity contribution in [3.8, 4) is 0 Å². The topological polar surface area (TPSA) is 58.2 Å². The van der Waals surface area contributed by atoms with E-state index >= 15 is 0 Å². The van der Waals surface area contributed by atoms with Gasteiger partial charge in [0.25, 0.3) is 5.91 Å². The van der Waals surface area contributed by atoms with Crippen LogP contribution in [0, 0.1) is 0 Å². The van der Waals surface area contributed by atoms with Crippen molar-refractivity contribution in [3.05, 3.63) is 74.8 Å². The highest BCUT2D eigenvalue weighted by atomic mass is 35.5. The molecule has 2 aromatic rings. The number of hydrazine groups is 1. The Morgan fingerprint density at radius 3 is 2.03 bits per heavy atom. The van der Waals surface area contributed by atoms with Gasteiger partial charge in [-0.1, -0.05) is 35.3 Å². The number of amides is 2. The van der Waals surface area contributed by atoms with Gasteiger partial charge < -0.3 is 0 Å². The van der Waals surface area contributed by atoms with Crippen LogP contribution in [0.25, 0.3) is 5.83 Å². The number of rotatable bonds is 6. The molecular weight excluding hydrogens is 585 g/mol. The Morgan fingerprint density at radius 2 is 1.50 bits per heavy atom. The maximum atomic E-state index is 14.8. The van der Waals surface area contributed by atoms with Crippen molar-refractivity contribution < 1.29 is 53.5 Å². The average molecular weight is 599 g/mol. The molecule has 208 valence electrons. The fraction of sp³-hybridized carbons (Fsp3) is 0.273. The Hall–Kier alpha value is -3.00. The third-order valence-corrected chi connectivity index (χ3v) is 5.50. The molecule has 0 aliphatic rings. The summed E-state index contributed by atoms with van der Waals surface area (Å²) in [4.78, 5) is 23.5. The van der Waals surface area contributed by atoms with Crippen LogP contribution in [-0.4, -0.2) is 24.2 Å². The molecule has 0 fully saturated rings. The zero-order valence-corrected chi connectivity index (χ0v) is 19.9. The zero-order valence-electron chi connectivity index (χ0n) is 18.4. The fourth-order valence-electron chi connectivity index (χ4n) is 2.97. The van der Waals surface area contributed by atoms with Crippen molar-refractivity contribution >= 4 is 40.8 Å². The molecule has 0 radical (unpaired) electrons. The van der Waals surface area contributed by atoms with Crippen LogP contribution in [0.1, 0.15) is 45.8 Å². The molecule has 0 spiro atoms. The molecule has 0 saturated heterocycles. The Morgan fingerprint density at radius 1 is 0.868 bits per heavy atom. The summed E-state index contributed by atoms with van der Waals surface area (Å²) in [6, 6.07) is 3.78. The highest BCUT2D eigenvalue weighted by Gasteiger charge is 2.41. The van der Waals surface area contributed by atoms with E-state index in [9.17, 15) is 53.5 Å². The van der Waals surface area contributed by atoms with Crippen LogP contribution in [0.2, 0.25) is 10.0 Å². The second-order valence-corrected chi connectivity index (χ2v) is 8.40. The molecule has 4 nitrogen and oxygen atoms in total. The van der Waals surface area contributed by atoms with Crippen LogP contribution < -0.4 is 10.9 Å². The Labute approximate surface area is 217 Å². The molecule has 2 aromatic carbocycles. The van der Waals surface area contributed by atoms with Gasteiger partial charge in [0.1, 0.15) is 11.7 Å². The molecule has 0 aromatic heterocycles. The summed E-state index contributed by atoms with van der Waals surface area (Å²) in [7, 11) is 0. The first-order valence-corrected chi connectivity index (χ1v) is 10.8. The summed E-state index contributed by atoms with van der Waals surface area (Å²) in [5, 5.41) is -0.381. The minimum absolute atomic E-state index is 0.00960. The van der Waals surface area contributed by atoms with Gasteiger partial charge in [-0.2, -0.15) is 39.5 Å². The largest absolute Gasteiger partial charge is 0.417 e. The lowest BCUT2D eigenvalue weighted by molar-refractivity contribution is -0.144. The molecule has 38 heavy (non-hydrogen) atoms. The predicted molar refractivity (Wildman–Crippen MR) is 117 cm³/mol. The molecule has 0 heterocycles. The van der Waals surface area contributed by atoms with Crippen LogP contribution in [0.3, 0.4) is 0 Å². The van der Waals surface area contributed by atoms with Crippen molar-refractivity contribution in [2.24, 2.45) is 0 Å². The predicted octanol–water partition coefficient (Wildman–Crippen LogP) is 7.77. The monoisotopic (exact) mass is 598 g/mol. The molecule has 0 bridgehead atoms. The van der Waals surface area contributed by atoms with Crippen LogP contribution in [0.5, 0.6) is 0 Å². The Kier molecular flexibility index (Phi) is 9.70. The summed E-state index contributed by atoms with van der Waals surface area (Å²) in [5.74, 6) is -7.36. The lowest BCUT2D eigenvalue weighted by Gasteiger charge is -2.19. The van der Waals surface area contributed by atoms with Crippen LogP contribution >= 0.6 is 23.2 Å². The van der Waals surface area contributed by atoms with Gasteiger partial charge in [-0.05, 0) is 35.9 Å². The lowest BCUT2D eigenvalue weighted by Crippen LogP contribution is -2.42. The van der Waals surface area contributed by atoms with Crippen molar-refractivity contribution in [2.45, 2.75) is 37.3 Å². The molecule has 16 heteroatoms. The number of nitrogens with one attached hydrogen (secondary N) is 2. The number of allylic oxidation sites excluding steroid dienone is 1. The highest BCUT2D eigenvalue weighted by molar-refractivity contribution is 6.42. The maximum absolute atomic E-state index is 14.8. The summed E-state index contributed by atoms with van der Waals surface area (Å²) in [6.45, 7) is 0. The van der Waals surface area contributed by atoms with E-state index in [2.05, 4.69) is 0 Å². The minimum atomic E-state index is -5.32. The van der Waals surface area contributed by atoms with E-state index in [0.717, 1.165) is 18.2 Å². The number of alkyl halides is 9. The second-order valence-electron chi connectivity index (χ2n) is 7.58. The van der Waals surface area contributed by atoms with E-state index in [1.54, 1.807) is 0 Å². The number of halogens is 12. The van der Waals surface area contributed by atoms with Gasteiger partial charge in [0.2, 0.25) is 5.91 Å². The third-order valence-electron chi connectivity index (χ3n) is 4.76. The standard InChI is InChI=1S/C22H14Cl2F10N2O2/c23-15-4-2-10(8-16(15)24)13(21(29,30)31)9-17(25)11-1-3-12(14(7-11)22(32,33)34)19(38)36-35-18(37)5-6-20(26,27)28/h1-4,7-9,13H,5-6H2,(H,35,37)(H,36,38)/b17-9-. The number of benzene rings is 2. The molecule has 0 saturated carbocycles. The number of hydrogen-bond acceptors (Lipinski definition) is 2. The SMILES string of the molecule is O=C(CCC(F)(F)F)NNC(=O)c1ccc(/C(F)=C/C(c2ccc(Cl)c(Cl)c2)C(F)(F)F)cc1C(F)(F)F. The second kappa shape index (κ2) is 11.8. The van der Waals surface area contributed by atoms with Crippen molar-refractivity contribution in [1.82, 2.24) is 10.9 Å². The Bertz CT molecular complexity index is 1220. The molecule has 2 N–H and O–H groups in total. The van der Waals surface area contributed by atoms with Gasteiger partial charge in [0.15, 0.2) is 0 Å². The lowest BCUT2D eigenvalue weighted by atomic mass is 9.95. The summed E-state index contributed by atoms with van der Waals surface area (Å²) < 4.78 is 133. The molecule has 0 aliphatic heterocycles. The average Bonchev–Trinajstić information content (AvgIpc) is 2.79. The van der Waals surface area contributed by atoms with Gasteiger partial charge in [-0.25, -0.2) is 4.39 Å². The smallest absolute Gasteiger partial charge is 0.273 e. The molecular formula is C22H14Cl2F10N2O2. The van der Waals surface area contributed by atoms with E-state index in [0.29, 0.717) is 12.1 Å². The fourth-order valence-corrected chi connectivity index (χ4v) is 3.27. The number of carbonyl (C=O) groups is 2. The quantitative estimate of drug-likeness (QED) is 0.264. The summed E-state index contributed by atoms with van der Waals surface area (Å²) in [6.07, 6.45) is -17.8. The van der Waals surface area contributed by atoms with Gasteiger partial charge in [-0.15, -0.1) is 0 Å². The summed E-state index contributed by atoms with van der Waals surface area (Å²) in [5.41, 5.74) is -1.52. The van der Waals surface area contributed by atoms with Crippen LogP contribution in [0.15, 0.2) is 42.5 Å². The van der Waals surface area contributed by atoms with Crippen molar-refractivity contribution in [3.63, 3.8) is 0 Å². The van der Waals surface area contributed by atoms with E-state index in [1.807, 2.05) is 0 Å². The minimum Gasteiger partial charge on any atom is -0.273 e. The molecule has 1 atom stereocenters. The molecule has 1 unspecified atom stereocenters.